The number of rotatable bonds is 9. The average Bonchev–Trinajstić information content (AvgIpc) is 1.92. The molecule has 3 radical (unpaired) electrons. The fourth-order valence-electron chi connectivity index (χ4n) is 12.1. The summed E-state index contributed by atoms with van der Waals surface area (Å²) in [7, 11) is 0. The molecule has 471 valence electrons. The van der Waals surface area contributed by atoms with E-state index in [1.54, 1.807) is 0 Å². The minimum absolute atomic E-state index is 0. The van der Waals surface area contributed by atoms with Gasteiger partial charge in [0.25, 0.3) is 0 Å². The van der Waals surface area contributed by atoms with Crippen LogP contribution in [0.2, 0.25) is 0 Å². The van der Waals surface area contributed by atoms with Gasteiger partial charge in [0.2, 0.25) is 0 Å². The number of imidazole rings is 3. The van der Waals surface area contributed by atoms with Crippen molar-refractivity contribution in [3.05, 3.63) is 285 Å². The van der Waals surface area contributed by atoms with Gasteiger partial charge in [-0.05, 0) is 164 Å². The molecule has 0 aliphatic carbocycles. The molecule has 0 aliphatic rings. The van der Waals surface area contributed by atoms with Crippen molar-refractivity contribution in [3.63, 3.8) is 0 Å². The fraction of sp³-hybridized carbons (Fsp3) is 0.232. The van der Waals surface area contributed by atoms with Crippen molar-refractivity contribution in [2.24, 2.45) is 0 Å². The van der Waals surface area contributed by atoms with E-state index in [1.807, 2.05) is 55.8 Å². The van der Waals surface area contributed by atoms with Gasteiger partial charge in [0.05, 0.1) is 17.5 Å². The summed E-state index contributed by atoms with van der Waals surface area (Å²) < 4.78 is 6.62. The van der Waals surface area contributed by atoms with Crippen LogP contribution in [0.5, 0.6) is 0 Å². The Hall–Kier alpha value is -7.44. The van der Waals surface area contributed by atoms with E-state index in [4.69, 9.17) is 9.97 Å². The van der Waals surface area contributed by atoms with Gasteiger partial charge in [-0.3, -0.25) is 15.0 Å². The van der Waals surface area contributed by atoms with Crippen molar-refractivity contribution < 1.29 is 60.3 Å². The summed E-state index contributed by atoms with van der Waals surface area (Å²) in [6, 6.07) is 71.2. The first-order valence-electron chi connectivity index (χ1n) is 30.6. The van der Waals surface area contributed by atoms with Crippen LogP contribution in [0.1, 0.15) is 114 Å². The number of benzene rings is 9. The van der Waals surface area contributed by atoms with Crippen LogP contribution in [0.15, 0.2) is 195 Å². The SMILES string of the molecule is Cc1[c-]c(-c2nc(C)cn2-c2c(C)cc(C)cc2C)cc(C)c1.Cc1cccc(C)c1-n1c(C)cnc1-c1[c-]cccc1.Cc1cccc(C)c1-n1ccnc1-c1[c-]ccc(-c2cc(-c3ccc(C(C)(C)C)cc3)cc(-c3ccc(C(C)(C)C)cc3)c2)c1.[Ir].[Ir].[Ir]. The molecule has 0 fully saturated rings. The molecule has 0 unspecified atom stereocenters. The zero-order valence-corrected chi connectivity index (χ0v) is 62.8. The first kappa shape index (κ1) is 71.0. The zero-order valence-electron chi connectivity index (χ0n) is 55.7. The Labute approximate surface area is 582 Å². The van der Waals surface area contributed by atoms with Crippen molar-refractivity contribution in [2.45, 2.75) is 129 Å². The molecule has 0 amide bonds. The molecule has 9 aromatic carbocycles. The third-order valence-corrected chi connectivity index (χ3v) is 16.4. The molecule has 3 heterocycles. The van der Waals surface area contributed by atoms with Crippen LogP contribution in [0.25, 0.3) is 84.6 Å². The number of para-hydroxylation sites is 2. The normalized spacial score (nSPS) is 11.1. The monoisotopic (exact) mass is 1730 g/mol. The molecular weight excluding hydrogens is 1650 g/mol. The topological polar surface area (TPSA) is 53.5 Å². The summed E-state index contributed by atoms with van der Waals surface area (Å²) >= 11 is 0. The van der Waals surface area contributed by atoms with E-state index in [9.17, 15) is 0 Å². The maximum Gasteiger partial charge on any atom is 0.0606 e. The van der Waals surface area contributed by atoms with E-state index in [1.165, 1.54) is 101 Å². The summed E-state index contributed by atoms with van der Waals surface area (Å²) in [6.07, 6.45) is 7.96. The number of aryl methyl sites for hydroxylation is 11. The third-order valence-electron chi connectivity index (χ3n) is 16.4. The van der Waals surface area contributed by atoms with Gasteiger partial charge in [-0.25, -0.2) is 0 Å². The second-order valence-corrected chi connectivity index (χ2v) is 26.0. The molecule has 0 saturated heterocycles. The molecule has 6 nitrogen and oxygen atoms in total. The Kier molecular flexibility index (Phi) is 23.3. The van der Waals surface area contributed by atoms with Crippen LogP contribution in [0.4, 0.5) is 0 Å². The molecule has 0 saturated carbocycles. The molecule has 9 heteroatoms. The van der Waals surface area contributed by atoms with Gasteiger partial charge < -0.3 is 13.7 Å². The first-order valence-corrected chi connectivity index (χ1v) is 30.6. The van der Waals surface area contributed by atoms with Gasteiger partial charge in [0, 0.05) is 114 Å². The van der Waals surface area contributed by atoms with Crippen molar-refractivity contribution in [2.75, 3.05) is 0 Å². The first-order chi connectivity index (χ1) is 41.9. The Morgan fingerprint density at radius 2 is 0.890 bits per heavy atom. The van der Waals surface area contributed by atoms with Gasteiger partial charge >= 0.3 is 0 Å². The van der Waals surface area contributed by atoms with E-state index >= 15 is 0 Å². The van der Waals surface area contributed by atoms with E-state index in [0.717, 1.165) is 56.7 Å². The Morgan fingerprint density at radius 1 is 0.385 bits per heavy atom. The van der Waals surface area contributed by atoms with Crippen LogP contribution < -0.4 is 0 Å². The van der Waals surface area contributed by atoms with Crippen LogP contribution in [0, 0.1) is 94.4 Å². The van der Waals surface area contributed by atoms with Crippen molar-refractivity contribution in [1.82, 2.24) is 28.7 Å². The standard InChI is InChI=1S/C43H43N2.C21H23N2.C18H17N2.3Ir/c1-29-11-9-12-30(2)40(29)45-24-23-44-41(45)34-14-10-13-33(25-34)37-27-35(31-15-19-38(20-16-31)42(3,4)5)26-36(28-37)32-17-21-39(22-18-32)43(6,7)8;1-13-7-14(2)11-19(10-13)21-22-18(6)12-23(21)20-16(4)8-15(3)9-17(20)5;1-13-8-7-9-14(2)17(13)20-15(3)12-19-18(20)16-10-5-4-6-11-16;;;/h9-13,15-28H,1-8H3;7-10,12H,1-6H3;4-10,12H,1-3H3;;;/q3*-1;;;. The predicted octanol–water partition coefficient (Wildman–Crippen LogP) is 21.0. The van der Waals surface area contributed by atoms with E-state index in [2.05, 4.69) is 293 Å². The Morgan fingerprint density at radius 3 is 1.41 bits per heavy atom. The maximum atomic E-state index is 4.80. The van der Waals surface area contributed by atoms with Crippen molar-refractivity contribution in [1.29, 1.82) is 0 Å². The largest absolute Gasteiger partial charge is 0.340 e. The number of nitrogens with zero attached hydrogens (tertiary/aromatic N) is 6. The van der Waals surface area contributed by atoms with Crippen molar-refractivity contribution in [3.8, 4) is 84.6 Å². The van der Waals surface area contributed by atoms with E-state index in [0.29, 0.717) is 0 Å². The molecule has 12 aromatic rings. The molecule has 3 aromatic heterocycles. The van der Waals surface area contributed by atoms with Crippen LogP contribution in [-0.2, 0) is 71.1 Å². The quantitative estimate of drug-likeness (QED) is 0.135. The summed E-state index contributed by atoms with van der Waals surface area (Å²) in [5, 5.41) is 0. The van der Waals surface area contributed by atoms with Crippen LogP contribution in [-0.4, -0.2) is 28.7 Å². The van der Waals surface area contributed by atoms with Gasteiger partial charge in [0.15, 0.2) is 0 Å². The van der Waals surface area contributed by atoms with Gasteiger partial charge in [-0.15, -0.1) is 106 Å². The van der Waals surface area contributed by atoms with E-state index < -0.39 is 0 Å². The maximum absolute atomic E-state index is 4.80. The zero-order chi connectivity index (χ0) is 62.8. The Bertz CT molecular complexity index is 4290. The summed E-state index contributed by atoms with van der Waals surface area (Å²) in [5.74, 6) is 2.80. The molecule has 0 N–H and O–H groups in total. The smallest absolute Gasteiger partial charge is 0.0606 e. The number of hydrogen-bond acceptors (Lipinski definition) is 3. The summed E-state index contributed by atoms with van der Waals surface area (Å²) in [5.41, 5.74) is 30.0. The summed E-state index contributed by atoms with van der Waals surface area (Å²) in [4.78, 5) is 14.1. The van der Waals surface area contributed by atoms with Gasteiger partial charge in [-0.1, -0.05) is 158 Å². The van der Waals surface area contributed by atoms with Crippen LogP contribution >= 0.6 is 0 Å². The molecule has 0 aliphatic heterocycles. The minimum Gasteiger partial charge on any atom is -0.340 e. The average molecular weight is 1730 g/mol. The van der Waals surface area contributed by atoms with Gasteiger partial charge in [-0.2, -0.15) is 0 Å². The number of aromatic nitrogens is 6. The Balaban J connectivity index is 0.000000214. The molecule has 12 rings (SSSR count). The molecule has 0 spiro atoms. The fourth-order valence-corrected chi connectivity index (χ4v) is 12.1. The molecule has 0 bridgehead atoms. The molecule has 0 atom stereocenters. The molecular formula is C82H83Ir3N6-3. The third kappa shape index (κ3) is 16.3. The van der Waals surface area contributed by atoms with Crippen LogP contribution in [0.3, 0.4) is 0 Å². The van der Waals surface area contributed by atoms with Crippen molar-refractivity contribution >= 4 is 0 Å². The second-order valence-electron chi connectivity index (χ2n) is 26.0. The molecule has 91 heavy (non-hydrogen) atoms. The van der Waals surface area contributed by atoms with Gasteiger partial charge in [0.1, 0.15) is 0 Å². The summed E-state index contributed by atoms with van der Waals surface area (Å²) in [6.45, 7) is 37.0. The van der Waals surface area contributed by atoms with E-state index in [-0.39, 0.29) is 71.1 Å². The second kappa shape index (κ2) is 29.9. The number of hydrogen-bond donors (Lipinski definition) is 0. The minimum atomic E-state index is 0. The predicted molar refractivity (Wildman–Crippen MR) is 369 cm³/mol.